The van der Waals surface area contributed by atoms with Crippen molar-refractivity contribution >= 4 is 28.8 Å². The third-order valence-corrected chi connectivity index (χ3v) is 4.91. The topological polar surface area (TPSA) is 56.0 Å². The number of thiophene rings is 1. The highest BCUT2D eigenvalue weighted by Gasteiger charge is 2.15. The number of primary amides is 1. The normalized spacial score (nSPS) is 10.6. The van der Waals surface area contributed by atoms with Crippen molar-refractivity contribution < 1.29 is 4.79 Å². The van der Waals surface area contributed by atoms with Crippen LogP contribution in [0.4, 0.5) is 0 Å². The summed E-state index contributed by atoms with van der Waals surface area (Å²) in [7, 11) is 0. The number of halogens is 1. The van der Waals surface area contributed by atoms with Crippen LogP contribution in [-0.4, -0.2) is 10.9 Å². The number of carbonyl (C=O) groups excluding carboxylic acids is 1. The van der Waals surface area contributed by atoms with E-state index in [-0.39, 0.29) is 0 Å². The number of benzene rings is 1. The van der Waals surface area contributed by atoms with Crippen LogP contribution in [0.25, 0.3) is 22.4 Å². The van der Waals surface area contributed by atoms with Gasteiger partial charge in [-0.3, -0.25) is 9.78 Å². The molecule has 0 atom stereocenters. The van der Waals surface area contributed by atoms with Crippen LogP contribution in [0.15, 0.2) is 48.0 Å². The molecule has 2 N–H and O–H groups in total. The average Bonchev–Trinajstić information content (AvgIpc) is 2.90. The number of amides is 1. The van der Waals surface area contributed by atoms with E-state index in [0.29, 0.717) is 9.90 Å². The van der Waals surface area contributed by atoms with Gasteiger partial charge in [0.1, 0.15) is 0 Å². The van der Waals surface area contributed by atoms with Gasteiger partial charge >= 0.3 is 0 Å². The highest BCUT2D eigenvalue weighted by molar-refractivity contribution is 7.12. The Balaban J connectivity index is 2.12. The van der Waals surface area contributed by atoms with Crippen molar-refractivity contribution in [2.24, 2.45) is 5.73 Å². The summed E-state index contributed by atoms with van der Waals surface area (Å²) < 4.78 is 0. The van der Waals surface area contributed by atoms with E-state index in [4.69, 9.17) is 17.3 Å². The molecule has 3 nitrogen and oxygen atoms in total. The third-order valence-electron chi connectivity index (χ3n) is 3.48. The van der Waals surface area contributed by atoms with Crippen LogP contribution in [0, 0.1) is 6.92 Å². The lowest BCUT2D eigenvalue weighted by Gasteiger charge is -2.07. The summed E-state index contributed by atoms with van der Waals surface area (Å²) in [5, 5.41) is 2.59. The monoisotopic (exact) mass is 328 g/mol. The minimum Gasteiger partial charge on any atom is -0.365 e. The highest BCUT2D eigenvalue weighted by atomic mass is 35.5. The molecule has 2 aromatic heterocycles. The second-order valence-electron chi connectivity index (χ2n) is 4.88. The van der Waals surface area contributed by atoms with E-state index >= 15 is 0 Å². The van der Waals surface area contributed by atoms with Crippen LogP contribution in [0.3, 0.4) is 0 Å². The summed E-state index contributed by atoms with van der Waals surface area (Å²) in [6.45, 7) is 1.90. The molecule has 3 aromatic rings. The van der Waals surface area contributed by atoms with Crippen LogP contribution in [0.2, 0.25) is 5.02 Å². The van der Waals surface area contributed by atoms with Crippen molar-refractivity contribution in [1.82, 2.24) is 4.98 Å². The van der Waals surface area contributed by atoms with Crippen LogP contribution in [0.5, 0.6) is 0 Å². The Labute approximate surface area is 137 Å². The predicted molar refractivity (Wildman–Crippen MR) is 91.3 cm³/mol. The molecule has 110 valence electrons. The number of nitrogens with two attached hydrogens (primary N) is 1. The molecule has 1 amide bonds. The Morgan fingerprint density at radius 1 is 1.23 bits per heavy atom. The van der Waals surface area contributed by atoms with E-state index in [1.165, 1.54) is 11.3 Å². The molecule has 5 heteroatoms. The van der Waals surface area contributed by atoms with Crippen LogP contribution in [-0.2, 0) is 0 Å². The Hall–Kier alpha value is -2.17. The zero-order valence-electron chi connectivity index (χ0n) is 11.8. The van der Waals surface area contributed by atoms with Gasteiger partial charge in [0.15, 0.2) is 0 Å². The molecule has 0 fully saturated rings. The quantitative estimate of drug-likeness (QED) is 0.767. The standard InChI is InChI=1S/C17H13ClN2OS/c1-10-13(9-22-16(10)17(19)21)11-5-6-14(18)12(8-11)15-4-2-3-7-20-15/h2-9H,1H3,(H2,19,21). The third kappa shape index (κ3) is 2.63. The maximum atomic E-state index is 11.4. The van der Waals surface area contributed by atoms with Crippen LogP contribution in [0.1, 0.15) is 15.2 Å². The molecular formula is C17H13ClN2OS. The van der Waals surface area contributed by atoms with Crippen molar-refractivity contribution in [1.29, 1.82) is 0 Å². The van der Waals surface area contributed by atoms with Crippen molar-refractivity contribution in [3.8, 4) is 22.4 Å². The SMILES string of the molecule is Cc1c(-c2ccc(Cl)c(-c3ccccn3)c2)csc1C(N)=O. The van der Waals surface area contributed by atoms with Gasteiger partial charge in [-0.2, -0.15) is 0 Å². The van der Waals surface area contributed by atoms with Gasteiger partial charge in [0.25, 0.3) is 5.91 Å². The number of pyridine rings is 1. The van der Waals surface area contributed by atoms with Crippen LogP contribution < -0.4 is 5.73 Å². The summed E-state index contributed by atoms with van der Waals surface area (Å²) >= 11 is 7.66. The van der Waals surface area contributed by atoms with Crippen molar-refractivity contribution in [2.75, 3.05) is 0 Å². The van der Waals surface area contributed by atoms with Gasteiger partial charge in [-0.25, -0.2) is 0 Å². The number of rotatable bonds is 3. The molecule has 22 heavy (non-hydrogen) atoms. The van der Waals surface area contributed by atoms with Gasteiger partial charge in [-0.15, -0.1) is 11.3 Å². The molecule has 0 spiro atoms. The molecule has 0 aliphatic carbocycles. The molecule has 0 saturated carbocycles. The lowest BCUT2D eigenvalue weighted by Crippen LogP contribution is -2.10. The number of nitrogens with zero attached hydrogens (tertiary/aromatic N) is 1. The van der Waals surface area contributed by atoms with E-state index in [1.807, 2.05) is 48.7 Å². The van der Waals surface area contributed by atoms with E-state index in [2.05, 4.69) is 4.98 Å². The Kier molecular flexibility index (Phi) is 3.96. The Morgan fingerprint density at radius 3 is 2.68 bits per heavy atom. The zero-order valence-corrected chi connectivity index (χ0v) is 13.4. The Bertz CT molecular complexity index is 843. The first kappa shape index (κ1) is 14.8. The largest absolute Gasteiger partial charge is 0.365 e. The molecule has 0 saturated heterocycles. The van der Waals surface area contributed by atoms with E-state index in [9.17, 15) is 4.79 Å². The molecule has 0 radical (unpaired) electrons. The summed E-state index contributed by atoms with van der Waals surface area (Å²) in [4.78, 5) is 16.3. The fourth-order valence-corrected chi connectivity index (χ4v) is 3.52. The number of carbonyl (C=O) groups is 1. The lowest BCUT2D eigenvalue weighted by molar-refractivity contribution is 0.100. The summed E-state index contributed by atoms with van der Waals surface area (Å²) in [5.74, 6) is -0.396. The Morgan fingerprint density at radius 2 is 2.05 bits per heavy atom. The van der Waals surface area contributed by atoms with Gasteiger partial charge in [0, 0.05) is 16.8 Å². The van der Waals surface area contributed by atoms with E-state index < -0.39 is 5.91 Å². The second kappa shape index (κ2) is 5.91. The van der Waals surface area contributed by atoms with Crippen molar-refractivity contribution in [2.45, 2.75) is 6.92 Å². The molecule has 0 bridgehead atoms. The molecule has 0 aliphatic rings. The first-order valence-electron chi connectivity index (χ1n) is 6.67. The second-order valence-corrected chi connectivity index (χ2v) is 6.16. The minimum atomic E-state index is -0.396. The van der Waals surface area contributed by atoms with E-state index in [1.54, 1.807) is 6.20 Å². The fraction of sp³-hybridized carbons (Fsp3) is 0.0588. The van der Waals surface area contributed by atoms with Gasteiger partial charge in [-0.05, 0) is 53.3 Å². The average molecular weight is 329 g/mol. The van der Waals surface area contributed by atoms with Crippen molar-refractivity contribution in [3.05, 3.63) is 63.4 Å². The molecule has 3 rings (SSSR count). The summed E-state index contributed by atoms with van der Waals surface area (Å²) in [5.41, 5.74) is 9.96. The molecule has 2 heterocycles. The van der Waals surface area contributed by atoms with Crippen LogP contribution >= 0.6 is 22.9 Å². The first-order valence-corrected chi connectivity index (χ1v) is 7.93. The maximum Gasteiger partial charge on any atom is 0.259 e. The number of hydrogen-bond donors (Lipinski definition) is 1. The van der Waals surface area contributed by atoms with Gasteiger partial charge in [-0.1, -0.05) is 23.7 Å². The van der Waals surface area contributed by atoms with Crippen molar-refractivity contribution in [3.63, 3.8) is 0 Å². The lowest BCUT2D eigenvalue weighted by atomic mass is 10.00. The minimum absolute atomic E-state index is 0.396. The molecule has 0 aliphatic heterocycles. The summed E-state index contributed by atoms with van der Waals surface area (Å²) in [6, 6.07) is 11.5. The number of hydrogen-bond acceptors (Lipinski definition) is 3. The molecular weight excluding hydrogens is 316 g/mol. The zero-order chi connectivity index (χ0) is 15.7. The smallest absolute Gasteiger partial charge is 0.259 e. The highest BCUT2D eigenvalue weighted by Crippen LogP contribution is 2.35. The molecule has 1 aromatic carbocycles. The molecule has 0 unspecified atom stereocenters. The van der Waals surface area contributed by atoms with Gasteiger partial charge in [0.05, 0.1) is 10.6 Å². The fourth-order valence-electron chi connectivity index (χ4n) is 2.36. The van der Waals surface area contributed by atoms with Gasteiger partial charge < -0.3 is 5.73 Å². The predicted octanol–water partition coefficient (Wildman–Crippen LogP) is 4.54. The summed E-state index contributed by atoms with van der Waals surface area (Å²) in [6.07, 6.45) is 1.74. The maximum absolute atomic E-state index is 11.4. The van der Waals surface area contributed by atoms with Gasteiger partial charge in [0.2, 0.25) is 0 Å². The first-order chi connectivity index (χ1) is 10.6. The van der Waals surface area contributed by atoms with E-state index in [0.717, 1.165) is 27.9 Å². The number of aromatic nitrogens is 1.